The van der Waals surface area contributed by atoms with Crippen LogP contribution < -0.4 is 0 Å². The van der Waals surface area contributed by atoms with E-state index in [1.54, 1.807) is 4.80 Å². The van der Waals surface area contributed by atoms with Crippen LogP contribution in [0, 0.1) is 0 Å². The van der Waals surface area contributed by atoms with Crippen LogP contribution in [0.3, 0.4) is 0 Å². The number of rotatable bonds is 3. The van der Waals surface area contributed by atoms with E-state index in [4.69, 9.17) is 9.15 Å². The zero-order valence-corrected chi connectivity index (χ0v) is 11.6. The molecule has 3 aromatic rings. The zero-order valence-electron chi connectivity index (χ0n) is 11.6. The van der Waals surface area contributed by atoms with Crippen molar-refractivity contribution >= 4 is 11.0 Å². The second-order valence-corrected chi connectivity index (χ2v) is 5.30. The molecule has 0 radical (unpaired) electrons. The van der Waals surface area contributed by atoms with E-state index >= 15 is 0 Å². The standard InChI is InChI=1S/C15H16N4O2/c1-2-7-13-11(5-1)9-14(21-13)15-16-18-19(17-15)10-12-6-3-4-8-20-12/h1-2,5,7,9,12H,3-4,6,8,10H2. The molecule has 6 heteroatoms. The van der Waals surface area contributed by atoms with Crippen LogP contribution in [0.1, 0.15) is 19.3 Å². The van der Waals surface area contributed by atoms with Gasteiger partial charge in [0.1, 0.15) is 5.58 Å². The quantitative estimate of drug-likeness (QED) is 0.739. The van der Waals surface area contributed by atoms with Gasteiger partial charge in [0.2, 0.25) is 5.82 Å². The minimum absolute atomic E-state index is 0.191. The van der Waals surface area contributed by atoms with E-state index in [1.165, 1.54) is 6.42 Å². The number of furan rings is 1. The summed E-state index contributed by atoms with van der Waals surface area (Å²) in [5, 5.41) is 13.6. The van der Waals surface area contributed by atoms with Crippen LogP contribution >= 0.6 is 0 Å². The maximum Gasteiger partial charge on any atom is 0.240 e. The summed E-state index contributed by atoms with van der Waals surface area (Å²) in [6.45, 7) is 1.48. The van der Waals surface area contributed by atoms with Crippen LogP contribution in [0.25, 0.3) is 22.6 Å². The van der Waals surface area contributed by atoms with Crippen LogP contribution in [0.5, 0.6) is 0 Å². The number of hydrogen-bond acceptors (Lipinski definition) is 5. The van der Waals surface area contributed by atoms with E-state index in [0.717, 1.165) is 30.4 Å². The van der Waals surface area contributed by atoms with E-state index < -0.39 is 0 Å². The molecule has 0 amide bonds. The number of aromatic nitrogens is 4. The number of fused-ring (bicyclic) bond motifs is 1. The number of nitrogens with zero attached hydrogens (tertiary/aromatic N) is 4. The Kier molecular flexibility index (Phi) is 3.16. The lowest BCUT2D eigenvalue weighted by molar-refractivity contribution is 0.00133. The monoisotopic (exact) mass is 284 g/mol. The molecule has 4 rings (SSSR count). The minimum atomic E-state index is 0.191. The zero-order chi connectivity index (χ0) is 14.1. The van der Waals surface area contributed by atoms with Gasteiger partial charge in [-0.25, -0.2) is 0 Å². The molecule has 0 spiro atoms. The smallest absolute Gasteiger partial charge is 0.240 e. The Morgan fingerprint density at radius 1 is 1.24 bits per heavy atom. The van der Waals surface area contributed by atoms with Gasteiger partial charge in [0.15, 0.2) is 5.76 Å². The van der Waals surface area contributed by atoms with Crippen LogP contribution in [0.2, 0.25) is 0 Å². The van der Waals surface area contributed by atoms with E-state index in [1.807, 2.05) is 30.3 Å². The summed E-state index contributed by atoms with van der Waals surface area (Å²) in [6.07, 6.45) is 3.60. The Bertz CT molecular complexity index is 710. The normalized spacial score (nSPS) is 19.1. The number of benzene rings is 1. The number of hydrogen-bond donors (Lipinski definition) is 0. The Balaban J connectivity index is 1.55. The summed E-state index contributed by atoms with van der Waals surface area (Å²) in [7, 11) is 0. The summed E-state index contributed by atoms with van der Waals surface area (Å²) < 4.78 is 11.4. The van der Waals surface area contributed by atoms with Crippen molar-refractivity contribution in [1.82, 2.24) is 20.2 Å². The predicted molar refractivity (Wildman–Crippen MR) is 76.6 cm³/mol. The molecule has 1 unspecified atom stereocenters. The van der Waals surface area contributed by atoms with E-state index in [0.29, 0.717) is 18.1 Å². The van der Waals surface area contributed by atoms with Crippen molar-refractivity contribution in [1.29, 1.82) is 0 Å². The lowest BCUT2D eigenvalue weighted by Crippen LogP contribution is -2.25. The molecule has 2 aromatic heterocycles. The Labute approximate surface area is 121 Å². The summed E-state index contributed by atoms with van der Waals surface area (Å²) in [6, 6.07) is 9.79. The van der Waals surface area contributed by atoms with Crippen molar-refractivity contribution in [2.75, 3.05) is 6.61 Å². The third kappa shape index (κ3) is 2.54. The van der Waals surface area contributed by atoms with E-state index in [2.05, 4.69) is 15.4 Å². The number of para-hydroxylation sites is 1. The third-order valence-corrected chi connectivity index (χ3v) is 3.74. The van der Waals surface area contributed by atoms with Crippen LogP contribution in [0.15, 0.2) is 34.7 Å². The van der Waals surface area contributed by atoms with Gasteiger partial charge in [-0.15, -0.1) is 10.2 Å². The molecule has 0 aliphatic carbocycles. The number of ether oxygens (including phenoxy) is 1. The fourth-order valence-electron chi connectivity index (χ4n) is 2.64. The first-order chi connectivity index (χ1) is 10.4. The molecule has 1 fully saturated rings. The van der Waals surface area contributed by atoms with Crippen LogP contribution in [0.4, 0.5) is 0 Å². The first-order valence-corrected chi connectivity index (χ1v) is 7.27. The predicted octanol–water partition coefficient (Wildman–Crippen LogP) is 2.66. The molecule has 108 valence electrons. The molecule has 21 heavy (non-hydrogen) atoms. The summed E-state index contributed by atoms with van der Waals surface area (Å²) >= 11 is 0. The lowest BCUT2D eigenvalue weighted by atomic mass is 10.1. The molecule has 1 aromatic carbocycles. The Morgan fingerprint density at radius 2 is 2.19 bits per heavy atom. The Hall–Kier alpha value is -2.21. The average molecular weight is 284 g/mol. The van der Waals surface area contributed by atoms with Gasteiger partial charge in [0.05, 0.1) is 12.6 Å². The molecule has 3 heterocycles. The van der Waals surface area contributed by atoms with Gasteiger partial charge in [-0.2, -0.15) is 4.80 Å². The third-order valence-electron chi connectivity index (χ3n) is 3.74. The SMILES string of the molecule is c1ccc2oc(-c3nnn(CC4CCCCO4)n3)cc2c1. The van der Waals surface area contributed by atoms with Gasteiger partial charge in [-0.3, -0.25) is 0 Å². The highest BCUT2D eigenvalue weighted by molar-refractivity contribution is 5.81. The van der Waals surface area contributed by atoms with Crippen molar-refractivity contribution in [2.24, 2.45) is 0 Å². The molecule has 1 aliphatic heterocycles. The van der Waals surface area contributed by atoms with Gasteiger partial charge >= 0.3 is 0 Å². The molecular formula is C15H16N4O2. The lowest BCUT2D eigenvalue weighted by Gasteiger charge is -2.21. The maximum absolute atomic E-state index is 5.75. The van der Waals surface area contributed by atoms with Crippen molar-refractivity contribution in [3.8, 4) is 11.6 Å². The van der Waals surface area contributed by atoms with Gasteiger partial charge in [0, 0.05) is 12.0 Å². The maximum atomic E-state index is 5.75. The summed E-state index contributed by atoms with van der Waals surface area (Å²) in [5.41, 5.74) is 0.833. The molecule has 6 nitrogen and oxygen atoms in total. The molecule has 1 aliphatic rings. The van der Waals surface area contributed by atoms with E-state index in [-0.39, 0.29) is 6.10 Å². The van der Waals surface area contributed by atoms with E-state index in [9.17, 15) is 0 Å². The van der Waals surface area contributed by atoms with Crippen molar-refractivity contribution in [2.45, 2.75) is 31.9 Å². The topological polar surface area (TPSA) is 66.0 Å². The minimum Gasteiger partial charge on any atom is -0.453 e. The van der Waals surface area contributed by atoms with Crippen LogP contribution in [-0.4, -0.2) is 32.9 Å². The molecule has 0 N–H and O–H groups in total. The van der Waals surface area contributed by atoms with Gasteiger partial charge in [0.25, 0.3) is 0 Å². The van der Waals surface area contributed by atoms with Gasteiger partial charge in [-0.1, -0.05) is 18.2 Å². The summed E-state index contributed by atoms with van der Waals surface area (Å²) in [4.78, 5) is 1.60. The van der Waals surface area contributed by atoms with Crippen molar-refractivity contribution in [3.63, 3.8) is 0 Å². The van der Waals surface area contributed by atoms with Crippen molar-refractivity contribution < 1.29 is 9.15 Å². The second-order valence-electron chi connectivity index (χ2n) is 5.30. The highest BCUT2D eigenvalue weighted by Crippen LogP contribution is 2.24. The Morgan fingerprint density at radius 3 is 3.05 bits per heavy atom. The highest BCUT2D eigenvalue weighted by atomic mass is 16.5. The summed E-state index contributed by atoms with van der Waals surface area (Å²) in [5.74, 6) is 1.16. The first kappa shape index (κ1) is 12.5. The molecular weight excluding hydrogens is 268 g/mol. The van der Waals surface area contributed by atoms with Gasteiger partial charge < -0.3 is 9.15 Å². The largest absolute Gasteiger partial charge is 0.453 e. The highest BCUT2D eigenvalue weighted by Gasteiger charge is 2.17. The van der Waals surface area contributed by atoms with Crippen molar-refractivity contribution in [3.05, 3.63) is 30.3 Å². The van der Waals surface area contributed by atoms with Crippen LogP contribution in [-0.2, 0) is 11.3 Å². The molecule has 1 saturated heterocycles. The first-order valence-electron chi connectivity index (χ1n) is 7.27. The van der Waals surface area contributed by atoms with Gasteiger partial charge in [-0.05, 0) is 36.6 Å². The second kappa shape index (κ2) is 5.29. The molecule has 1 atom stereocenters. The fraction of sp³-hybridized carbons (Fsp3) is 0.400. The number of tetrazole rings is 1. The fourth-order valence-corrected chi connectivity index (χ4v) is 2.64. The molecule has 0 saturated carbocycles. The average Bonchev–Trinajstić information content (AvgIpc) is 3.14. The molecule has 0 bridgehead atoms.